The molecule has 136 valence electrons. The number of amides is 1. The lowest BCUT2D eigenvalue weighted by atomic mass is 10.1. The maximum atomic E-state index is 13.7. The van der Waals surface area contributed by atoms with Crippen molar-refractivity contribution in [1.82, 2.24) is 5.43 Å². The first-order valence-electron chi connectivity index (χ1n) is 8.49. The molecule has 1 amide bonds. The van der Waals surface area contributed by atoms with Crippen LogP contribution in [0, 0.1) is 12.7 Å². The molecule has 0 unspecified atom stereocenters. The van der Waals surface area contributed by atoms with E-state index in [4.69, 9.17) is 4.74 Å². The van der Waals surface area contributed by atoms with Crippen LogP contribution in [0.15, 0.2) is 77.9 Å². The Morgan fingerprint density at radius 1 is 1.04 bits per heavy atom. The van der Waals surface area contributed by atoms with E-state index in [1.165, 1.54) is 12.3 Å². The third-order valence-corrected chi connectivity index (χ3v) is 3.94. The van der Waals surface area contributed by atoms with Gasteiger partial charge in [0.15, 0.2) is 0 Å². The van der Waals surface area contributed by atoms with Crippen molar-refractivity contribution < 1.29 is 13.9 Å². The van der Waals surface area contributed by atoms with Crippen LogP contribution in [0.4, 0.5) is 4.39 Å². The maximum Gasteiger partial charge on any atom is 0.271 e. The lowest BCUT2D eigenvalue weighted by molar-refractivity contribution is 0.0955. The summed E-state index contributed by atoms with van der Waals surface area (Å²) in [6.07, 6.45) is 1.50. The van der Waals surface area contributed by atoms with E-state index in [0.29, 0.717) is 22.4 Å². The van der Waals surface area contributed by atoms with Crippen LogP contribution in [0.5, 0.6) is 5.75 Å². The molecule has 0 spiro atoms. The highest BCUT2D eigenvalue weighted by atomic mass is 19.1. The van der Waals surface area contributed by atoms with Gasteiger partial charge in [-0.25, -0.2) is 9.82 Å². The number of aryl methyl sites for hydroxylation is 1. The fraction of sp³-hybridized carbons (Fsp3) is 0.0909. The van der Waals surface area contributed by atoms with E-state index in [1.54, 1.807) is 42.5 Å². The van der Waals surface area contributed by atoms with Crippen LogP contribution in [0.2, 0.25) is 0 Å². The van der Waals surface area contributed by atoms with Gasteiger partial charge < -0.3 is 4.74 Å². The van der Waals surface area contributed by atoms with E-state index >= 15 is 0 Å². The minimum atomic E-state index is -0.311. The van der Waals surface area contributed by atoms with Gasteiger partial charge in [-0.2, -0.15) is 5.10 Å². The zero-order valence-electron chi connectivity index (χ0n) is 14.9. The summed E-state index contributed by atoms with van der Waals surface area (Å²) in [6.45, 7) is 2.06. The summed E-state index contributed by atoms with van der Waals surface area (Å²) in [7, 11) is 0. The second-order valence-electron chi connectivity index (χ2n) is 5.98. The Labute approximate surface area is 157 Å². The van der Waals surface area contributed by atoms with E-state index in [0.717, 1.165) is 5.56 Å². The van der Waals surface area contributed by atoms with E-state index in [-0.39, 0.29) is 18.3 Å². The average molecular weight is 362 g/mol. The quantitative estimate of drug-likeness (QED) is 0.519. The molecule has 3 aromatic rings. The summed E-state index contributed by atoms with van der Waals surface area (Å²) in [5.74, 6) is -0.0564. The summed E-state index contributed by atoms with van der Waals surface area (Å²) in [6, 6.07) is 20.9. The predicted molar refractivity (Wildman–Crippen MR) is 103 cm³/mol. The van der Waals surface area contributed by atoms with Gasteiger partial charge in [0.1, 0.15) is 18.2 Å². The molecule has 3 rings (SSSR count). The third-order valence-electron chi connectivity index (χ3n) is 3.94. The van der Waals surface area contributed by atoms with Gasteiger partial charge in [0.05, 0.1) is 6.21 Å². The van der Waals surface area contributed by atoms with Gasteiger partial charge in [-0.05, 0) is 37.3 Å². The molecule has 3 aromatic carbocycles. The third kappa shape index (κ3) is 5.01. The van der Waals surface area contributed by atoms with Crippen LogP contribution in [0.1, 0.15) is 27.0 Å². The molecule has 1 N–H and O–H groups in total. The van der Waals surface area contributed by atoms with Gasteiger partial charge in [-0.3, -0.25) is 4.79 Å². The number of hydrogen-bond acceptors (Lipinski definition) is 3. The van der Waals surface area contributed by atoms with Crippen LogP contribution < -0.4 is 10.2 Å². The molecule has 0 aliphatic heterocycles. The maximum absolute atomic E-state index is 13.7. The van der Waals surface area contributed by atoms with Gasteiger partial charge in [-0.15, -0.1) is 0 Å². The number of carbonyl (C=O) groups is 1. The van der Waals surface area contributed by atoms with Crippen molar-refractivity contribution in [3.63, 3.8) is 0 Å². The number of ether oxygens (including phenoxy) is 1. The Morgan fingerprint density at radius 2 is 1.74 bits per heavy atom. The number of hydrogen-bond donors (Lipinski definition) is 1. The van der Waals surface area contributed by atoms with Crippen LogP contribution in [-0.2, 0) is 6.61 Å². The lowest BCUT2D eigenvalue weighted by Crippen LogP contribution is -2.17. The molecule has 0 bridgehead atoms. The summed E-state index contributed by atoms with van der Waals surface area (Å²) in [4.78, 5) is 12.1. The van der Waals surface area contributed by atoms with Crippen molar-refractivity contribution in [2.45, 2.75) is 13.5 Å². The summed E-state index contributed by atoms with van der Waals surface area (Å²) in [5, 5.41) is 3.99. The number of halogens is 1. The fourth-order valence-electron chi connectivity index (χ4n) is 2.42. The van der Waals surface area contributed by atoms with E-state index in [2.05, 4.69) is 10.5 Å². The highest BCUT2D eigenvalue weighted by molar-refractivity contribution is 5.95. The Balaban J connectivity index is 1.65. The zero-order chi connectivity index (χ0) is 19.1. The highest BCUT2D eigenvalue weighted by Gasteiger charge is 2.06. The number of para-hydroxylation sites is 1. The van der Waals surface area contributed by atoms with Crippen LogP contribution in [-0.4, -0.2) is 12.1 Å². The molecule has 0 saturated carbocycles. The first-order valence-corrected chi connectivity index (χ1v) is 8.49. The molecule has 5 heteroatoms. The summed E-state index contributed by atoms with van der Waals surface area (Å²) < 4.78 is 19.4. The molecule has 0 heterocycles. The lowest BCUT2D eigenvalue weighted by Gasteiger charge is -2.09. The highest BCUT2D eigenvalue weighted by Crippen LogP contribution is 2.18. The largest absolute Gasteiger partial charge is 0.488 e. The Kier molecular flexibility index (Phi) is 5.94. The Hall–Kier alpha value is -3.47. The summed E-state index contributed by atoms with van der Waals surface area (Å²) >= 11 is 0. The first-order chi connectivity index (χ1) is 13.1. The fourth-order valence-corrected chi connectivity index (χ4v) is 2.42. The zero-order valence-corrected chi connectivity index (χ0v) is 14.9. The minimum Gasteiger partial charge on any atom is -0.488 e. The number of benzene rings is 3. The van der Waals surface area contributed by atoms with Gasteiger partial charge in [0.25, 0.3) is 5.91 Å². The molecule has 27 heavy (non-hydrogen) atoms. The smallest absolute Gasteiger partial charge is 0.271 e. The topological polar surface area (TPSA) is 50.7 Å². The standard InChI is InChI=1S/C22H19FN2O2/c1-16-10-12-17(13-11-16)22(26)25-24-14-18-6-3-5-9-21(18)27-15-19-7-2-4-8-20(19)23/h2-14H,15H2,1H3,(H,25,26). The van der Waals surface area contributed by atoms with Gasteiger partial charge in [-0.1, -0.05) is 48.0 Å². The molecule has 0 aliphatic carbocycles. The van der Waals surface area contributed by atoms with Crippen molar-refractivity contribution in [3.8, 4) is 5.75 Å². The number of hydrazone groups is 1. The second-order valence-corrected chi connectivity index (χ2v) is 5.98. The predicted octanol–water partition coefficient (Wildman–Crippen LogP) is 4.48. The van der Waals surface area contributed by atoms with Crippen LogP contribution >= 0.6 is 0 Å². The number of rotatable bonds is 6. The number of carbonyl (C=O) groups excluding carboxylic acids is 1. The van der Waals surface area contributed by atoms with Crippen molar-refractivity contribution >= 4 is 12.1 Å². The van der Waals surface area contributed by atoms with E-state index in [9.17, 15) is 9.18 Å². The van der Waals surface area contributed by atoms with Crippen molar-refractivity contribution in [3.05, 3.63) is 101 Å². The Bertz CT molecular complexity index is 953. The number of nitrogens with one attached hydrogen (secondary N) is 1. The van der Waals surface area contributed by atoms with Crippen LogP contribution in [0.25, 0.3) is 0 Å². The molecule has 0 fully saturated rings. The van der Waals surface area contributed by atoms with E-state index in [1.807, 2.05) is 31.2 Å². The van der Waals surface area contributed by atoms with Gasteiger partial charge in [0.2, 0.25) is 0 Å². The van der Waals surface area contributed by atoms with Crippen molar-refractivity contribution in [1.29, 1.82) is 0 Å². The Morgan fingerprint density at radius 3 is 2.52 bits per heavy atom. The first kappa shape index (κ1) is 18.3. The monoisotopic (exact) mass is 362 g/mol. The molecule has 0 radical (unpaired) electrons. The molecule has 0 aliphatic rings. The second kappa shape index (κ2) is 8.76. The average Bonchev–Trinajstić information content (AvgIpc) is 2.69. The molecule has 0 aromatic heterocycles. The number of nitrogens with zero attached hydrogens (tertiary/aromatic N) is 1. The molecule has 0 saturated heterocycles. The van der Waals surface area contributed by atoms with Crippen molar-refractivity contribution in [2.24, 2.45) is 5.10 Å². The van der Waals surface area contributed by atoms with Gasteiger partial charge in [0, 0.05) is 16.7 Å². The molecular formula is C22H19FN2O2. The molecule has 4 nitrogen and oxygen atoms in total. The van der Waals surface area contributed by atoms with Crippen LogP contribution in [0.3, 0.4) is 0 Å². The van der Waals surface area contributed by atoms with E-state index < -0.39 is 0 Å². The SMILES string of the molecule is Cc1ccc(C(=O)NN=Cc2ccccc2OCc2ccccc2F)cc1. The molecular weight excluding hydrogens is 343 g/mol. The van der Waals surface area contributed by atoms with Gasteiger partial charge >= 0.3 is 0 Å². The van der Waals surface area contributed by atoms with Crippen molar-refractivity contribution in [2.75, 3.05) is 0 Å². The molecule has 0 atom stereocenters. The summed E-state index contributed by atoms with van der Waals surface area (Å²) in [5.41, 5.74) is 5.25. The minimum absolute atomic E-state index is 0.104. The normalized spacial score (nSPS) is 10.7.